The molecule has 2 aliphatic rings. The molecule has 2 fully saturated rings. The third-order valence-electron chi connectivity index (χ3n) is 4.96. The summed E-state index contributed by atoms with van der Waals surface area (Å²) in [6.45, 7) is 9.90. The summed E-state index contributed by atoms with van der Waals surface area (Å²) in [5, 5.41) is 3.32. The molecule has 0 bridgehead atoms. The van der Waals surface area contributed by atoms with Crippen molar-refractivity contribution in [2.75, 3.05) is 57.4 Å². The van der Waals surface area contributed by atoms with E-state index in [4.69, 9.17) is 9.73 Å². The number of nitrogens with zero attached hydrogens (tertiary/aromatic N) is 3. The third-order valence-corrected chi connectivity index (χ3v) is 4.96. The normalized spacial score (nSPS) is 19.7. The molecule has 0 spiro atoms. The Morgan fingerprint density at radius 1 is 1.21 bits per heavy atom. The Hall–Kier alpha value is -1.23. The van der Waals surface area contributed by atoms with Crippen LogP contribution in [-0.4, -0.2) is 63.3 Å². The Morgan fingerprint density at radius 2 is 1.89 bits per heavy atom. The molecule has 5 nitrogen and oxygen atoms in total. The lowest BCUT2D eigenvalue weighted by atomic mass is 9.89. The van der Waals surface area contributed by atoms with Crippen LogP contribution in [0, 0.1) is 5.41 Å². The number of nitrogens with one attached hydrogen (secondary N) is 1. The van der Waals surface area contributed by atoms with Crippen LogP contribution < -0.4 is 10.2 Å². The number of anilines is 1. The summed E-state index contributed by atoms with van der Waals surface area (Å²) in [6, 6.07) is 5.55. The maximum Gasteiger partial charge on any atom is 0.416 e. The van der Waals surface area contributed by atoms with Gasteiger partial charge >= 0.3 is 6.18 Å². The number of hydrogen-bond acceptors (Lipinski definition) is 3. The van der Waals surface area contributed by atoms with Crippen LogP contribution in [-0.2, 0) is 10.9 Å². The molecule has 2 saturated heterocycles. The quantitative estimate of drug-likeness (QED) is 0.382. The number of ether oxygens (including phenoxy) is 1. The largest absolute Gasteiger partial charge is 0.416 e. The second-order valence-electron chi connectivity index (χ2n) is 7.50. The minimum Gasteiger partial charge on any atom is -0.380 e. The lowest BCUT2D eigenvalue weighted by Crippen LogP contribution is -2.53. The fourth-order valence-electron chi connectivity index (χ4n) is 3.29. The topological polar surface area (TPSA) is 40.1 Å². The monoisotopic (exact) mass is 512 g/mol. The van der Waals surface area contributed by atoms with Crippen molar-refractivity contribution in [1.82, 2.24) is 10.2 Å². The van der Waals surface area contributed by atoms with Gasteiger partial charge in [-0.3, -0.25) is 4.99 Å². The van der Waals surface area contributed by atoms with Gasteiger partial charge in [0.15, 0.2) is 5.96 Å². The zero-order valence-electron chi connectivity index (χ0n) is 16.3. The second kappa shape index (κ2) is 9.51. The van der Waals surface area contributed by atoms with E-state index in [2.05, 4.69) is 17.1 Å². The predicted octanol–water partition coefficient (Wildman–Crippen LogP) is 3.45. The number of aliphatic imine (C=N–C) groups is 1. The third kappa shape index (κ3) is 5.65. The van der Waals surface area contributed by atoms with E-state index in [9.17, 15) is 13.2 Å². The van der Waals surface area contributed by atoms with Crippen molar-refractivity contribution in [3.63, 3.8) is 0 Å². The van der Waals surface area contributed by atoms with E-state index < -0.39 is 11.7 Å². The minimum absolute atomic E-state index is 0. The van der Waals surface area contributed by atoms with Crippen molar-refractivity contribution in [1.29, 1.82) is 0 Å². The highest BCUT2D eigenvalue weighted by Gasteiger charge is 2.34. The van der Waals surface area contributed by atoms with Crippen LogP contribution >= 0.6 is 24.0 Å². The first-order valence-corrected chi connectivity index (χ1v) is 9.34. The van der Waals surface area contributed by atoms with Gasteiger partial charge in [-0.25, -0.2) is 0 Å². The van der Waals surface area contributed by atoms with Crippen LogP contribution in [0.25, 0.3) is 0 Å². The van der Waals surface area contributed by atoms with E-state index in [0.29, 0.717) is 25.3 Å². The Labute approximate surface area is 181 Å². The molecule has 0 aromatic heterocycles. The predicted molar refractivity (Wildman–Crippen MR) is 116 cm³/mol. The van der Waals surface area contributed by atoms with E-state index in [1.165, 1.54) is 12.1 Å². The van der Waals surface area contributed by atoms with Crippen LogP contribution in [0.4, 0.5) is 18.9 Å². The lowest BCUT2D eigenvalue weighted by molar-refractivity contribution is -0.137. The van der Waals surface area contributed by atoms with Crippen LogP contribution in [0.5, 0.6) is 0 Å². The molecule has 0 radical (unpaired) electrons. The molecule has 0 saturated carbocycles. The van der Waals surface area contributed by atoms with Crippen molar-refractivity contribution in [2.24, 2.45) is 10.4 Å². The molecule has 0 amide bonds. The van der Waals surface area contributed by atoms with Gasteiger partial charge in [-0.2, -0.15) is 13.2 Å². The first-order valence-electron chi connectivity index (χ1n) is 9.34. The fraction of sp³-hybridized carbons (Fsp3) is 0.632. The van der Waals surface area contributed by atoms with Crippen LogP contribution in [0.15, 0.2) is 29.3 Å². The van der Waals surface area contributed by atoms with E-state index >= 15 is 0 Å². The number of guanidine groups is 1. The van der Waals surface area contributed by atoms with Gasteiger partial charge in [-0.1, -0.05) is 13.0 Å². The van der Waals surface area contributed by atoms with Gasteiger partial charge in [-0.05, 0) is 25.1 Å². The smallest absolute Gasteiger partial charge is 0.380 e. The first kappa shape index (κ1) is 23.1. The first-order chi connectivity index (χ1) is 12.8. The van der Waals surface area contributed by atoms with Gasteiger partial charge in [0.05, 0.1) is 25.3 Å². The van der Waals surface area contributed by atoms with Gasteiger partial charge in [0.1, 0.15) is 0 Å². The highest BCUT2D eigenvalue weighted by atomic mass is 127. The summed E-state index contributed by atoms with van der Waals surface area (Å²) < 4.78 is 44.1. The summed E-state index contributed by atoms with van der Waals surface area (Å²) in [4.78, 5) is 8.93. The zero-order valence-corrected chi connectivity index (χ0v) is 18.6. The van der Waals surface area contributed by atoms with Gasteiger partial charge in [-0.15, -0.1) is 24.0 Å². The molecule has 0 atom stereocenters. The van der Waals surface area contributed by atoms with Crippen LogP contribution in [0.2, 0.25) is 0 Å². The number of piperazine rings is 1. The molecule has 9 heteroatoms. The summed E-state index contributed by atoms with van der Waals surface area (Å²) in [5.41, 5.74) is 0.124. The van der Waals surface area contributed by atoms with Crippen molar-refractivity contribution in [2.45, 2.75) is 20.0 Å². The zero-order chi connectivity index (χ0) is 19.5. The molecular weight excluding hydrogens is 484 g/mol. The van der Waals surface area contributed by atoms with Crippen molar-refractivity contribution in [3.8, 4) is 0 Å². The summed E-state index contributed by atoms with van der Waals surface area (Å²) in [7, 11) is 0. The maximum absolute atomic E-state index is 12.9. The summed E-state index contributed by atoms with van der Waals surface area (Å²) in [6.07, 6.45) is -4.32. The molecular formula is C19H28F3IN4O. The van der Waals surface area contributed by atoms with E-state index in [1.54, 1.807) is 6.07 Å². The number of alkyl halides is 3. The molecule has 2 aliphatic heterocycles. The lowest BCUT2D eigenvalue weighted by Gasteiger charge is -2.39. The van der Waals surface area contributed by atoms with Gasteiger partial charge in [0.2, 0.25) is 0 Å². The Kier molecular flexibility index (Phi) is 7.83. The highest BCUT2D eigenvalue weighted by Crippen LogP contribution is 2.32. The highest BCUT2D eigenvalue weighted by molar-refractivity contribution is 14.0. The number of benzene rings is 1. The summed E-state index contributed by atoms with van der Waals surface area (Å²) >= 11 is 0. The Balaban J connectivity index is 0.00000280. The van der Waals surface area contributed by atoms with Gasteiger partial charge < -0.3 is 19.9 Å². The van der Waals surface area contributed by atoms with Crippen molar-refractivity contribution < 1.29 is 17.9 Å². The maximum atomic E-state index is 12.9. The molecule has 0 unspecified atom stereocenters. The Morgan fingerprint density at radius 3 is 2.43 bits per heavy atom. The van der Waals surface area contributed by atoms with E-state index in [1.807, 2.05) is 11.8 Å². The molecule has 158 valence electrons. The molecule has 1 aromatic rings. The number of rotatable bonds is 4. The van der Waals surface area contributed by atoms with Crippen LogP contribution in [0.3, 0.4) is 0 Å². The number of halogens is 4. The molecule has 28 heavy (non-hydrogen) atoms. The van der Waals surface area contributed by atoms with Crippen molar-refractivity contribution in [3.05, 3.63) is 29.8 Å². The molecule has 2 heterocycles. The standard InChI is InChI=1S/C19H27F3N4O.HI/c1-3-23-17(24-12-18(2)13-27-14-18)26-9-7-25(8-10-26)16-6-4-5-15(11-16)19(20,21)22;/h4-6,11H,3,7-10,12-14H2,1-2H3,(H,23,24);1H. The number of hydrogen-bond donors (Lipinski definition) is 1. The molecule has 1 aromatic carbocycles. The average Bonchev–Trinajstić information content (AvgIpc) is 2.63. The van der Waals surface area contributed by atoms with Crippen LogP contribution in [0.1, 0.15) is 19.4 Å². The second-order valence-corrected chi connectivity index (χ2v) is 7.50. The van der Waals surface area contributed by atoms with E-state index in [-0.39, 0.29) is 29.4 Å². The fourth-order valence-corrected chi connectivity index (χ4v) is 3.29. The average molecular weight is 512 g/mol. The Bertz CT molecular complexity index is 671. The molecule has 1 N–H and O–H groups in total. The molecule has 3 rings (SSSR count). The minimum atomic E-state index is -4.32. The van der Waals surface area contributed by atoms with Gasteiger partial charge in [0.25, 0.3) is 0 Å². The van der Waals surface area contributed by atoms with Gasteiger partial charge in [0, 0.05) is 43.8 Å². The van der Waals surface area contributed by atoms with Crippen molar-refractivity contribution >= 4 is 35.6 Å². The molecule has 0 aliphatic carbocycles. The SMILES string of the molecule is CCNC(=NCC1(C)COC1)N1CCN(c2cccc(C(F)(F)F)c2)CC1.I. The van der Waals surface area contributed by atoms with E-state index in [0.717, 1.165) is 44.9 Å². The summed E-state index contributed by atoms with van der Waals surface area (Å²) in [5.74, 6) is 0.870.